The van der Waals surface area contributed by atoms with E-state index in [0.717, 1.165) is 44.8 Å². The average Bonchev–Trinajstić information content (AvgIpc) is 2.83. The molecule has 0 fully saturated rings. The molecule has 0 aliphatic carbocycles. The lowest BCUT2D eigenvalue weighted by Gasteiger charge is -2.15. The van der Waals surface area contributed by atoms with Crippen LogP contribution in [0.15, 0.2) is 73.2 Å². The van der Waals surface area contributed by atoms with Gasteiger partial charge in [0.05, 0.1) is 13.0 Å². The van der Waals surface area contributed by atoms with Crippen LogP contribution in [-0.4, -0.2) is 28.0 Å². The topological polar surface area (TPSA) is 77.0 Å². The van der Waals surface area contributed by atoms with Crippen molar-refractivity contribution in [3.05, 3.63) is 90.0 Å². The Morgan fingerprint density at radius 1 is 0.848 bits per heavy atom. The van der Waals surface area contributed by atoms with E-state index in [9.17, 15) is 4.79 Å². The molecule has 1 unspecified atom stereocenters. The Labute approximate surface area is 193 Å². The van der Waals surface area contributed by atoms with Gasteiger partial charge in [0.25, 0.3) is 0 Å². The van der Waals surface area contributed by atoms with Crippen molar-refractivity contribution >= 4 is 11.6 Å². The van der Waals surface area contributed by atoms with Crippen LogP contribution < -0.4 is 10.1 Å². The number of nitrogens with one attached hydrogen (secondary N) is 1. The van der Waals surface area contributed by atoms with E-state index in [-0.39, 0.29) is 11.8 Å². The molecule has 1 N–H and O–H groups in total. The molecular formula is C27H26N4O2. The first kappa shape index (κ1) is 22.1. The van der Waals surface area contributed by atoms with Gasteiger partial charge in [-0.3, -0.25) is 9.78 Å². The number of amides is 1. The Morgan fingerprint density at radius 3 is 2.24 bits per heavy atom. The Hall–Kier alpha value is -4.06. The molecule has 0 aliphatic heterocycles. The number of benzene rings is 2. The highest BCUT2D eigenvalue weighted by Gasteiger charge is 2.17. The molecule has 0 spiro atoms. The molecule has 0 radical (unpaired) electrons. The molecule has 6 heteroatoms. The zero-order valence-corrected chi connectivity index (χ0v) is 19.2. The third kappa shape index (κ3) is 5.23. The summed E-state index contributed by atoms with van der Waals surface area (Å²) in [5.74, 6) is -0.393. The van der Waals surface area contributed by atoms with E-state index in [0.29, 0.717) is 6.01 Å². The van der Waals surface area contributed by atoms with Gasteiger partial charge in [0.15, 0.2) is 0 Å². The van der Waals surface area contributed by atoms with Gasteiger partial charge in [0, 0.05) is 35.5 Å². The number of carbonyl (C=O) groups is 1. The number of pyridine rings is 1. The summed E-state index contributed by atoms with van der Waals surface area (Å²) in [5, 5.41) is 3.03. The van der Waals surface area contributed by atoms with Crippen LogP contribution in [0, 0.1) is 13.8 Å². The smallest absolute Gasteiger partial charge is 0.316 e. The summed E-state index contributed by atoms with van der Waals surface area (Å²) in [5.41, 5.74) is 7.74. The molecule has 0 saturated carbocycles. The largest absolute Gasteiger partial charge is 0.467 e. The van der Waals surface area contributed by atoms with Crippen LogP contribution in [0.5, 0.6) is 6.01 Å². The second kappa shape index (κ2) is 9.61. The number of ether oxygens (including phenoxy) is 1. The molecule has 2 aromatic carbocycles. The molecule has 4 rings (SSSR count). The second-order valence-electron chi connectivity index (χ2n) is 8.06. The number of carbonyl (C=O) groups excluding carboxylic acids is 1. The minimum atomic E-state index is -0.328. The molecule has 2 aromatic heterocycles. The van der Waals surface area contributed by atoms with Crippen molar-refractivity contribution in [1.82, 2.24) is 15.0 Å². The van der Waals surface area contributed by atoms with Gasteiger partial charge in [-0.05, 0) is 67.3 Å². The van der Waals surface area contributed by atoms with Crippen LogP contribution in [0.4, 0.5) is 5.69 Å². The number of hydrogen-bond acceptors (Lipinski definition) is 5. The van der Waals surface area contributed by atoms with Gasteiger partial charge in [-0.25, -0.2) is 9.97 Å². The molecule has 166 valence electrons. The van der Waals surface area contributed by atoms with E-state index in [2.05, 4.69) is 26.3 Å². The van der Waals surface area contributed by atoms with Crippen molar-refractivity contribution in [1.29, 1.82) is 0 Å². The van der Waals surface area contributed by atoms with E-state index in [4.69, 9.17) is 4.74 Å². The fraction of sp³-hybridized carbons (Fsp3) is 0.185. The maximum Gasteiger partial charge on any atom is 0.316 e. The standard InChI is InChI=1S/C27H26N4O2/c1-17-11-22(14-23(12-17)24-15-29-27(33-4)30-16-24)19(3)26(32)31-25-7-5-20(6-8-25)21-9-10-28-18(2)13-21/h5-16,19H,1-4H3,(H,31,32). The number of rotatable bonds is 6. The number of aryl methyl sites for hydroxylation is 2. The minimum absolute atomic E-state index is 0.0648. The molecule has 1 amide bonds. The summed E-state index contributed by atoms with van der Waals surface area (Å²) >= 11 is 0. The Kier molecular flexibility index (Phi) is 6.45. The van der Waals surface area contributed by atoms with Gasteiger partial charge < -0.3 is 10.1 Å². The highest BCUT2D eigenvalue weighted by atomic mass is 16.5. The lowest BCUT2D eigenvalue weighted by molar-refractivity contribution is -0.117. The number of aromatic nitrogens is 3. The molecule has 4 aromatic rings. The van der Waals surface area contributed by atoms with Crippen LogP contribution in [0.1, 0.15) is 29.7 Å². The summed E-state index contributed by atoms with van der Waals surface area (Å²) in [6.07, 6.45) is 5.25. The SMILES string of the molecule is COc1ncc(-c2cc(C)cc(C(C)C(=O)Nc3ccc(-c4ccnc(C)c4)cc3)c2)cn1. The number of hydrogen-bond donors (Lipinski definition) is 1. The quantitative estimate of drug-likeness (QED) is 0.426. The number of anilines is 1. The third-order valence-corrected chi connectivity index (χ3v) is 5.52. The molecule has 0 aliphatic rings. The zero-order valence-electron chi connectivity index (χ0n) is 19.2. The molecule has 0 saturated heterocycles. The maximum absolute atomic E-state index is 13.0. The van der Waals surface area contributed by atoms with Gasteiger partial charge in [0.1, 0.15) is 0 Å². The van der Waals surface area contributed by atoms with E-state index in [1.165, 1.54) is 7.11 Å². The summed E-state index contributed by atoms with van der Waals surface area (Å²) in [6, 6.07) is 18.3. The first-order chi connectivity index (χ1) is 15.9. The first-order valence-electron chi connectivity index (χ1n) is 10.7. The fourth-order valence-corrected chi connectivity index (χ4v) is 3.67. The summed E-state index contributed by atoms with van der Waals surface area (Å²) in [4.78, 5) is 25.6. The second-order valence-corrected chi connectivity index (χ2v) is 8.06. The van der Waals surface area contributed by atoms with Crippen molar-refractivity contribution in [3.63, 3.8) is 0 Å². The summed E-state index contributed by atoms with van der Waals surface area (Å²) < 4.78 is 5.04. The van der Waals surface area contributed by atoms with Gasteiger partial charge in [0.2, 0.25) is 5.91 Å². The molecule has 2 heterocycles. The van der Waals surface area contributed by atoms with Gasteiger partial charge >= 0.3 is 6.01 Å². The highest BCUT2D eigenvalue weighted by molar-refractivity contribution is 5.96. The van der Waals surface area contributed by atoms with Crippen LogP contribution >= 0.6 is 0 Å². The predicted octanol–water partition coefficient (Wildman–Crippen LogP) is 5.57. The number of nitrogens with zero attached hydrogens (tertiary/aromatic N) is 3. The Balaban J connectivity index is 1.50. The van der Waals surface area contributed by atoms with Crippen LogP contribution in [0.25, 0.3) is 22.3 Å². The molecule has 1 atom stereocenters. The van der Waals surface area contributed by atoms with Crippen molar-refractivity contribution in [3.8, 4) is 28.3 Å². The Morgan fingerprint density at radius 2 is 1.58 bits per heavy atom. The van der Waals surface area contributed by atoms with Crippen LogP contribution in [0.2, 0.25) is 0 Å². The maximum atomic E-state index is 13.0. The molecule has 33 heavy (non-hydrogen) atoms. The van der Waals surface area contributed by atoms with Gasteiger partial charge in [-0.2, -0.15) is 0 Å². The van der Waals surface area contributed by atoms with E-state index in [1.54, 1.807) is 18.6 Å². The first-order valence-corrected chi connectivity index (χ1v) is 10.7. The average molecular weight is 439 g/mol. The van der Waals surface area contributed by atoms with E-state index < -0.39 is 0 Å². The lowest BCUT2D eigenvalue weighted by atomic mass is 9.94. The normalized spacial score (nSPS) is 11.6. The van der Waals surface area contributed by atoms with Crippen molar-refractivity contribution in [2.24, 2.45) is 0 Å². The van der Waals surface area contributed by atoms with Gasteiger partial charge in [-0.15, -0.1) is 0 Å². The lowest BCUT2D eigenvalue weighted by Crippen LogP contribution is -2.19. The zero-order chi connectivity index (χ0) is 23.4. The minimum Gasteiger partial charge on any atom is -0.467 e. The highest BCUT2D eigenvalue weighted by Crippen LogP contribution is 2.27. The number of methoxy groups -OCH3 is 1. The van der Waals surface area contributed by atoms with Gasteiger partial charge in [-0.1, -0.05) is 35.9 Å². The van der Waals surface area contributed by atoms with Crippen LogP contribution in [0.3, 0.4) is 0 Å². The Bertz CT molecular complexity index is 1270. The van der Waals surface area contributed by atoms with E-state index >= 15 is 0 Å². The van der Waals surface area contributed by atoms with Crippen molar-refractivity contribution < 1.29 is 9.53 Å². The molecule has 6 nitrogen and oxygen atoms in total. The van der Waals surface area contributed by atoms with E-state index in [1.807, 2.05) is 69.3 Å². The fourth-order valence-electron chi connectivity index (χ4n) is 3.67. The third-order valence-electron chi connectivity index (χ3n) is 5.52. The van der Waals surface area contributed by atoms with Crippen LogP contribution in [-0.2, 0) is 4.79 Å². The monoisotopic (exact) mass is 438 g/mol. The molecule has 0 bridgehead atoms. The molecular weight excluding hydrogens is 412 g/mol. The summed E-state index contributed by atoms with van der Waals surface area (Å²) in [6.45, 7) is 5.89. The predicted molar refractivity (Wildman–Crippen MR) is 130 cm³/mol. The van der Waals surface area contributed by atoms with Crippen molar-refractivity contribution in [2.45, 2.75) is 26.7 Å². The summed E-state index contributed by atoms with van der Waals surface area (Å²) in [7, 11) is 1.54. The van der Waals surface area contributed by atoms with Crippen molar-refractivity contribution in [2.75, 3.05) is 12.4 Å².